The van der Waals surface area contributed by atoms with Crippen molar-refractivity contribution in [1.29, 1.82) is 0 Å². The zero-order valence-corrected chi connectivity index (χ0v) is 9.95. The van der Waals surface area contributed by atoms with Crippen LogP contribution in [0, 0.1) is 5.82 Å². The summed E-state index contributed by atoms with van der Waals surface area (Å²) in [5, 5.41) is 13.0. The minimum absolute atomic E-state index is 0.0518. The largest absolute Gasteiger partial charge is 0.384 e. The number of hydrogen-bond acceptors (Lipinski definition) is 2. The van der Waals surface area contributed by atoms with E-state index in [4.69, 9.17) is 23.2 Å². The third kappa shape index (κ3) is 2.82. The number of rotatable bonds is 3. The van der Waals surface area contributed by atoms with Crippen LogP contribution < -0.4 is 5.32 Å². The van der Waals surface area contributed by atoms with Crippen LogP contribution in [0.15, 0.2) is 12.1 Å². The van der Waals surface area contributed by atoms with E-state index in [1.54, 1.807) is 14.0 Å². The Kier molecular flexibility index (Phi) is 3.95. The monoisotopic (exact) mass is 251 g/mol. The fourth-order valence-electron chi connectivity index (χ4n) is 1.37. The van der Waals surface area contributed by atoms with Gasteiger partial charge in [-0.2, -0.15) is 0 Å². The molecule has 2 N–H and O–H groups in total. The van der Waals surface area contributed by atoms with Crippen molar-refractivity contribution in [2.24, 2.45) is 0 Å². The molecule has 1 unspecified atom stereocenters. The van der Waals surface area contributed by atoms with Gasteiger partial charge in [-0.25, -0.2) is 4.39 Å². The smallest absolute Gasteiger partial charge is 0.142 e. The number of likely N-dealkylation sites (N-methyl/N-ethyl adjacent to an activating group) is 1. The SMILES string of the molecule is CNCC(C)(O)c1cc(F)c(Cl)cc1Cl. The normalized spacial score (nSPS) is 15.1. The zero-order valence-electron chi connectivity index (χ0n) is 8.44. The first-order chi connectivity index (χ1) is 6.88. The Hall–Kier alpha value is -0.350. The van der Waals surface area contributed by atoms with Gasteiger partial charge in [-0.1, -0.05) is 23.2 Å². The number of nitrogens with one attached hydrogen (secondary N) is 1. The molecule has 2 nitrogen and oxygen atoms in total. The van der Waals surface area contributed by atoms with E-state index in [1.165, 1.54) is 6.07 Å². The predicted octanol–water partition coefficient (Wildman–Crippen LogP) is 2.56. The summed E-state index contributed by atoms with van der Waals surface area (Å²) in [5.74, 6) is -0.590. The van der Waals surface area contributed by atoms with Gasteiger partial charge in [0.15, 0.2) is 0 Å². The first-order valence-electron chi connectivity index (χ1n) is 4.40. The van der Waals surface area contributed by atoms with Crippen molar-refractivity contribution < 1.29 is 9.50 Å². The lowest BCUT2D eigenvalue weighted by Gasteiger charge is -2.24. The van der Waals surface area contributed by atoms with Crippen LogP contribution in [0.4, 0.5) is 4.39 Å². The summed E-state index contributed by atoms with van der Waals surface area (Å²) in [6.07, 6.45) is 0. The highest BCUT2D eigenvalue weighted by Gasteiger charge is 2.26. The van der Waals surface area contributed by atoms with Crippen molar-refractivity contribution in [2.75, 3.05) is 13.6 Å². The second-order valence-electron chi connectivity index (χ2n) is 3.55. The van der Waals surface area contributed by atoms with Gasteiger partial charge < -0.3 is 10.4 Å². The highest BCUT2D eigenvalue weighted by atomic mass is 35.5. The molecule has 0 spiro atoms. The summed E-state index contributed by atoms with van der Waals surface area (Å²) >= 11 is 11.4. The van der Waals surface area contributed by atoms with Crippen molar-refractivity contribution >= 4 is 23.2 Å². The summed E-state index contributed by atoms with van der Waals surface area (Å²) in [6, 6.07) is 2.44. The lowest BCUT2D eigenvalue weighted by molar-refractivity contribution is 0.0589. The highest BCUT2D eigenvalue weighted by Crippen LogP contribution is 2.31. The molecule has 0 fully saturated rings. The van der Waals surface area contributed by atoms with Gasteiger partial charge in [0.25, 0.3) is 0 Å². The van der Waals surface area contributed by atoms with Crippen LogP contribution in [-0.2, 0) is 5.60 Å². The average molecular weight is 252 g/mol. The molecule has 1 atom stereocenters. The van der Waals surface area contributed by atoms with Crippen molar-refractivity contribution in [3.8, 4) is 0 Å². The minimum Gasteiger partial charge on any atom is -0.384 e. The van der Waals surface area contributed by atoms with Crippen molar-refractivity contribution in [1.82, 2.24) is 5.32 Å². The van der Waals surface area contributed by atoms with Crippen LogP contribution in [0.2, 0.25) is 10.0 Å². The molecule has 1 aromatic carbocycles. The predicted molar refractivity (Wildman–Crippen MR) is 59.9 cm³/mol. The summed E-state index contributed by atoms with van der Waals surface area (Å²) in [4.78, 5) is 0. The number of hydrogen-bond donors (Lipinski definition) is 2. The molecule has 0 aliphatic heterocycles. The number of aliphatic hydroxyl groups is 1. The maximum Gasteiger partial charge on any atom is 0.142 e. The van der Waals surface area contributed by atoms with Gasteiger partial charge in [0, 0.05) is 17.1 Å². The van der Waals surface area contributed by atoms with E-state index in [0.717, 1.165) is 6.07 Å². The van der Waals surface area contributed by atoms with E-state index in [2.05, 4.69) is 5.32 Å². The summed E-state index contributed by atoms with van der Waals surface area (Å²) in [5.41, 5.74) is -0.905. The Morgan fingerprint density at radius 2 is 2.00 bits per heavy atom. The Labute approximate surface area is 98.0 Å². The van der Waals surface area contributed by atoms with Crippen LogP contribution in [0.3, 0.4) is 0 Å². The topological polar surface area (TPSA) is 32.3 Å². The second kappa shape index (κ2) is 4.66. The fourth-order valence-corrected chi connectivity index (χ4v) is 1.96. The lowest BCUT2D eigenvalue weighted by atomic mass is 9.96. The molecule has 0 amide bonds. The van der Waals surface area contributed by atoms with Crippen molar-refractivity contribution in [3.05, 3.63) is 33.6 Å². The summed E-state index contributed by atoms with van der Waals surface area (Å²) in [6.45, 7) is 1.83. The average Bonchev–Trinajstić information content (AvgIpc) is 2.11. The highest BCUT2D eigenvalue weighted by molar-refractivity contribution is 6.35. The molecule has 84 valence electrons. The molecule has 15 heavy (non-hydrogen) atoms. The van der Waals surface area contributed by atoms with E-state index in [0.29, 0.717) is 5.56 Å². The molecule has 0 bridgehead atoms. The molecular weight excluding hydrogens is 240 g/mol. The molecule has 0 saturated carbocycles. The van der Waals surface area contributed by atoms with Crippen LogP contribution in [0.5, 0.6) is 0 Å². The maximum absolute atomic E-state index is 13.2. The first kappa shape index (κ1) is 12.7. The van der Waals surface area contributed by atoms with E-state index in [9.17, 15) is 9.50 Å². The third-order valence-electron chi connectivity index (χ3n) is 2.11. The lowest BCUT2D eigenvalue weighted by Crippen LogP contribution is -2.33. The molecule has 5 heteroatoms. The van der Waals surface area contributed by atoms with Gasteiger partial charge in [-0.3, -0.25) is 0 Å². The molecule has 0 saturated heterocycles. The van der Waals surface area contributed by atoms with Crippen LogP contribution >= 0.6 is 23.2 Å². The molecule has 0 heterocycles. The van der Waals surface area contributed by atoms with Gasteiger partial charge in [0.2, 0.25) is 0 Å². The van der Waals surface area contributed by atoms with Crippen molar-refractivity contribution in [3.63, 3.8) is 0 Å². The quantitative estimate of drug-likeness (QED) is 0.810. The molecule has 0 radical (unpaired) electrons. The van der Waals surface area contributed by atoms with E-state index < -0.39 is 11.4 Å². The van der Waals surface area contributed by atoms with Crippen LogP contribution in [-0.4, -0.2) is 18.7 Å². The van der Waals surface area contributed by atoms with Gasteiger partial charge in [0.1, 0.15) is 11.4 Å². The fraction of sp³-hybridized carbons (Fsp3) is 0.400. The molecule has 0 aliphatic rings. The molecule has 1 rings (SSSR count). The summed E-state index contributed by atoms with van der Waals surface area (Å²) in [7, 11) is 1.69. The van der Waals surface area contributed by atoms with E-state index >= 15 is 0 Å². The van der Waals surface area contributed by atoms with Crippen LogP contribution in [0.1, 0.15) is 12.5 Å². The van der Waals surface area contributed by atoms with E-state index in [1.807, 2.05) is 0 Å². The Bertz CT molecular complexity index is 369. The number of halogens is 3. The zero-order chi connectivity index (χ0) is 11.6. The van der Waals surface area contributed by atoms with Gasteiger partial charge in [-0.15, -0.1) is 0 Å². The summed E-state index contributed by atoms with van der Waals surface area (Å²) < 4.78 is 13.2. The Balaban J connectivity index is 3.19. The van der Waals surface area contributed by atoms with Crippen molar-refractivity contribution in [2.45, 2.75) is 12.5 Å². The van der Waals surface area contributed by atoms with Gasteiger partial charge in [-0.05, 0) is 26.1 Å². The van der Waals surface area contributed by atoms with Gasteiger partial charge in [0.05, 0.1) is 5.02 Å². The van der Waals surface area contributed by atoms with Crippen LogP contribution in [0.25, 0.3) is 0 Å². The van der Waals surface area contributed by atoms with E-state index in [-0.39, 0.29) is 16.6 Å². The second-order valence-corrected chi connectivity index (χ2v) is 4.36. The molecule has 0 aliphatic carbocycles. The Morgan fingerprint density at radius 1 is 1.40 bits per heavy atom. The molecule has 1 aromatic rings. The molecular formula is C10H12Cl2FNO. The Morgan fingerprint density at radius 3 is 2.53 bits per heavy atom. The van der Waals surface area contributed by atoms with Gasteiger partial charge >= 0.3 is 0 Å². The number of benzene rings is 1. The minimum atomic E-state index is -1.22. The maximum atomic E-state index is 13.2. The first-order valence-corrected chi connectivity index (χ1v) is 5.16. The molecule has 0 aromatic heterocycles. The third-order valence-corrected chi connectivity index (χ3v) is 2.71. The standard InChI is InChI=1S/C10H12Cl2FNO/c1-10(15,5-14-2)6-3-9(13)8(12)4-7(6)11/h3-4,14-15H,5H2,1-2H3.